The minimum atomic E-state index is -1.50. The van der Waals surface area contributed by atoms with Crippen LogP contribution in [0, 0.1) is 5.92 Å². The summed E-state index contributed by atoms with van der Waals surface area (Å²) in [6.45, 7) is 14.2. The van der Waals surface area contributed by atoms with Crippen LogP contribution in [0.15, 0.2) is 6.07 Å². The van der Waals surface area contributed by atoms with Gasteiger partial charge in [-0.05, 0) is 41.3 Å². The van der Waals surface area contributed by atoms with Crippen molar-refractivity contribution in [2.45, 2.75) is 65.1 Å². The fourth-order valence-corrected chi connectivity index (χ4v) is 5.36. The van der Waals surface area contributed by atoms with E-state index >= 15 is 0 Å². The van der Waals surface area contributed by atoms with Gasteiger partial charge in [0.15, 0.2) is 11.5 Å². The molecule has 124 valence electrons. The van der Waals surface area contributed by atoms with E-state index in [0.717, 1.165) is 11.5 Å². The Morgan fingerprint density at radius 1 is 1.05 bits per heavy atom. The van der Waals surface area contributed by atoms with Crippen molar-refractivity contribution in [3.05, 3.63) is 17.2 Å². The quantitative estimate of drug-likeness (QED) is 0.736. The van der Waals surface area contributed by atoms with Crippen LogP contribution in [0.3, 0.4) is 0 Å². The fourth-order valence-electron chi connectivity index (χ4n) is 3.87. The number of hydrogen-bond donors (Lipinski definition) is 0. The van der Waals surface area contributed by atoms with E-state index in [-0.39, 0.29) is 0 Å². The minimum Gasteiger partial charge on any atom is -0.493 e. The highest BCUT2D eigenvalue weighted by Gasteiger charge is 2.35. The lowest BCUT2D eigenvalue weighted by atomic mass is 9.72. The molecule has 2 nitrogen and oxygen atoms in total. The van der Waals surface area contributed by atoms with E-state index in [4.69, 9.17) is 9.47 Å². The molecule has 0 spiro atoms. The molecule has 1 aromatic rings. The maximum atomic E-state index is 5.87. The lowest BCUT2D eigenvalue weighted by Crippen LogP contribution is -2.40. The van der Waals surface area contributed by atoms with Gasteiger partial charge in [0.05, 0.1) is 22.3 Å². The molecular weight excluding hydrogens is 288 g/mol. The highest BCUT2D eigenvalue weighted by molar-refractivity contribution is 6.89. The molecule has 0 fully saturated rings. The van der Waals surface area contributed by atoms with Gasteiger partial charge in [-0.15, -0.1) is 0 Å². The third-order valence-electron chi connectivity index (χ3n) is 5.13. The second-order valence-corrected chi connectivity index (χ2v) is 13.1. The van der Waals surface area contributed by atoms with Crippen molar-refractivity contribution in [2.24, 2.45) is 5.92 Å². The van der Waals surface area contributed by atoms with Crippen LogP contribution < -0.4 is 14.7 Å². The Morgan fingerprint density at radius 3 is 2.09 bits per heavy atom. The van der Waals surface area contributed by atoms with Gasteiger partial charge >= 0.3 is 0 Å². The number of rotatable bonds is 4. The van der Waals surface area contributed by atoms with E-state index in [9.17, 15) is 0 Å². The van der Waals surface area contributed by atoms with Gasteiger partial charge in [-0.1, -0.05) is 46.5 Å². The first-order chi connectivity index (χ1) is 10.2. The summed E-state index contributed by atoms with van der Waals surface area (Å²) in [7, 11) is 2.07. The molecule has 3 heteroatoms. The Hall–Kier alpha value is -0.963. The van der Waals surface area contributed by atoms with Crippen LogP contribution in [0.4, 0.5) is 0 Å². The van der Waals surface area contributed by atoms with Crippen LogP contribution >= 0.6 is 0 Å². The zero-order chi connectivity index (χ0) is 16.7. The molecule has 0 unspecified atom stereocenters. The number of hydrogen-bond acceptors (Lipinski definition) is 2. The highest BCUT2D eigenvalue weighted by Crippen LogP contribution is 2.48. The number of ether oxygens (including phenoxy) is 2. The average molecular weight is 321 g/mol. The van der Waals surface area contributed by atoms with Crippen LogP contribution in [-0.4, -0.2) is 22.3 Å². The molecule has 0 N–H and O–H groups in total. The van der Waals surface area contributed by atoms with E-state index < -0.39 is 8.07 Å². The first kappa shape index (κ1) is 17.4. The van der Waals surface area contributed by atoms with Crippen molar-refractivity contribution in [2.75, 3.05) is 14.2 Å². The van der Waals surface area contributed by atoms with Crippen LogP contribution in [0.2, 0.25) is 19.6 Å². The van der Waals surface area contributed by atoms with Crippen molar-refractivity contribution >= 4 is 13.3 Å². The molecule has 0 bridgehead atoms. The van der Waals surface area contributed by atoms with E-state index in [1.165, 1.54) is 29.2 Å². The molecule has 1 aliphatic rings. The fraction of sp³-hybridized carbons (Fsp3) is 0.684. The molecule has 0 heterocycles. The summed E-state index contributed by atoms with van der Waals surface area (Å²) in [6, 6.07) is 2.46. The highest BCUT2D eigenvalue weighted by atomic mass is 28.3. The van der Waals surface area contributed by atoms with Crippen LogP contribution in [-0.2, 0) is 0 Å². The SMILES string of the molecule is COc1c([Si](C)(C)C)cc2c(c1OC)[C@@H](C)CC[C@H]2C(C)C. The van der Waals surface area contributed by atoms with Crippen LogP contribution in [0.1, 0.15) is 56.6 Å². The van der Waals surface area contributed by atoms with Crippen LogP contribution in [0.5, 0.6) is 11.5 Å². The molecule has 0 amide bonds. The van der Waals surface area contributed by atoms with Crippen molar-refractivity contribution in [1.29, 1.82) is 0 Å². The second kappa shape index (κ2) is 6.27. The maximum absolute atomic E-state index is 5.87. The summed E-state index contributed by atoms with van der Waals surface area (Å²) in [6.07, 6.45) is 2.52. The summed E-state index contributed by atoms with van der Waals surface area (Å²) in [5.41, 5.74) is 2.91. The lowest BCUT2D eigenvalue weighted by Gasteiger charge is -2.36. The Morgan fingerprint density at radius 2 is 1.64 bits per heavy atom. The Balaban J connectivity index is 2.79. The Bertz CT molecular complexity index is 543. The van der Waals surface area contributed by atoms with Crippen molar-refractivity contribution in [3.8, 4) is 11.5 Å². The first-order valence-corrected chi connectivity index (χ1v) is 12.0. The largest absolute Gasteiger partial charge is 0.493 e. The molecular formula is C19H32O2Si. The van der Waals surface area contributed by atoms with E-state index in [1.54, 1.807) is 14.2 Å². The zero-order valence-electron chi connectivity index (χ0n) is 15.5. The summed E-state index contributed by atoms with van der Waals surface area (Å²) in [5.74, 6) is 3.83. The minimum absolute atomic E-state index is 0.546. The number of benzene rings is 1. The van der Waals surface area contributed by atoms with Crippen molar-refractivity contribution < 1.29 is 9.47 Å². The molecule has 2 atom stereocenters. The average Bonchev–Trinajstić information content (AvgIpc) is 2.44. The summed E-state index contributed by atoms with van der Waals surface area (Å²) < 4.78 is 11.7. The van der Waals surface area contributed by atoms with Gasteiger partial charge in [0.1, 0.15) is 0 Å². The van der Waals surface area contributed by atoms with Crippen molar-refractivity contribution in [3.63, 3.8) is 0 Å². The van der Waals surface area contributed by atoms with Gasteiger partial charge in [-0.2, -0.15) is 0 Å². The molecule has 1 aliphatic carbocycles. The van der Waals surface area contributed by atoms with E-state index in [2.05, 4.69) is 46.5 Å². The van der Waals surface area contributed by atoms with Gasteiger partial charge in [0, 0.05) is 5.56 Å². The second-order valence-electron chi connectivity index (χ2n) is 8.07. The molecule has 1 aromatic carbocycles. The molecule has 0 aliphatic heterocycles. The van der Waals surface area contributed by atoms with Gasteiger partial charge in [0.2, 0.25) is 0 Å². The van der Waals surface area contributed by atoms with E-state index in [0.29, 0.717) is 17.8 Å². The van der Waals surface area contributed by atoms with E-state index in [1.807, 2.05) is 0 Å². The summed E-state index contributed by atoms with van der Waals surface area (Å²) in [5, 5.41) is 1.39. The number of fused-ring (bicyclic) bond motifs is 1. The third-order valence-corrected chi connectivity index (χ3v) is 7.12. The first-order valence-electron chi connectivity index (χ1n) is 8.51. The van der Waals surface area contributed by atoms with Gasteiger partial charge in [-0.25, -0.2) is 0 Å². The normalized spacial score (nSPS) is 21.7. The third kappa shape index (κ3) is 2.92. The molecule has 0 aromatic heterocycles. The molecule has 22 heavy (non-hydrogen) atoms. The van der Waals surface area contributed by atoms with Gasteiger partial charge < -0.3 is 9.47 Å². The van der Waals surface area contributed by atoms with Gasteiger partial charge in [-0.3, -0.25) is 0 Å². The summed E-state index contributed by atoms with van der Waals surface area (Å²) >= 11 is 0. The standard InChI is InChI=1S/C19H32O2Si/c1-12(2)14-10-9-13(3)17-15(14)11-16(22(6,7)8)18(20-4)19(17)21-5/h11-14H,9-10H2,1-8H3/t13-,14-/m0/s1. The van der Waals surface area contributed by atoms with Crippen LogP contribution in [0.25, 0.3) is 0 Å². The Labute approximate surface area is 137 Å². The zero-order valence-corrected chi connectivity index (χ0v) is 16.5. The maximum Gasteiger partial charge on any atom is 0.164 e. The lowest BCUT2D eigenvalue weighted by molar-refractivity contribution is 0.340. The molecule has 0 radical (unpaired) electrons. The molecule has 0 saturated heterocycles. The molecule has 2 rings (SSSR count). The Kier molecular flexibility index (Phi) is 4.95. The predicted molar refractivity (Wildman–Crippen MR) is 97.8 cm³/mol. The summed E-state index contributed by atoms with van der Waals surface area (Å²) in [4.78, 5) is 0. The molecule has 0 saturated carbocycles. The topological polar surface area (TPSA) is 18.5 Å². The van der Waals surface area contributed by atoms with Gasteiger partial charge in [0.25, 0.3) is 0 Å². The number of methoxy groups -OCH3 is 2. The monoisotopic (exact) mass is 320 g/mol. The van der Waals surface area contributed by atoms with Crippen molar-refractivity contribution in [1.82, 2.24) is 0 Å². The predicted octanol–water partition coefficient (Wildman–Crippen LogP) is 4.89. The smallest absolute Gasteiger partial charge is 0.164 e.